The van der Waals surface area contributed by atoms with E-state index in [1.54, 1.807) is 0 Å². The number of nitrogens with zero attached hydrogens (tertiary/aromatic N) is 1. The molecule has 1 aromatic rings. The number of hydrogen-bond donors (Lipinski definition) is 0. The van der Waals surface area contributed by atoms with Crippen LogP contribution in [0.5, 0.6) is 0 Å². The molecule has 0 saturated heterocycles. The Hall–Kier alpha value is -1.49. The second-order valence-corrected chi connectivity index (χ2v) is 7.00. The van der Waals surface area contributed by atoms with Crippen molar-refractivity contribution in [1.82, 2.24) is 4.90 Å². The first-order chi connectivity index (χ1) is 10.2. The summed E-state index contributed by atoms with van der Waals surface area (Å²) in [5.41, 5.74) is 5.14. The smallest absolute Gasteiger partial charge is 0.0242 e. The molecule has 0 bridgehead atoms. The van der Waals surface area contributed by atoms with E-state index in [4.69, 9.17) is 0 Å². The Labute approximate surface area is 148 Å². The lowest BCUT2D eigenvalue weighted by Crippen LogP contribution is -2.19. The van der Waals surface area contributed by atoms with Crippen LogP contribution in [0.15, 0.2) is 36.9 Å². The summed E-state index contributed by atoms with van der Waals surface area (Å²) < 4.78 is 0. The van der Waals surface area contributed by atoms with E-state index in [9.17, 15) is 0 Å². The summed E-state index contributed by atoms with van der Waals surface area (Å²) in [4.78, 5) is 2.30. The Bertz CT molecular complexity index is 609. The van der Waals surface area contributed by atoms with E-state index in [-0.39, 0.29) is 17.8 Å². The van der Waals surface area contributed by atoms with Crippen LogP contribution >= 0.6 is 12.4 Å². The van der Waals surface area contributed by atoms with Crippen molar-refractivity contribution in [2.75, 3.05) is 13.6 Å². The monoisotopic (exact) mass is 331 g/mol. The maximum atomic E-state index is 4.09. The molecular formula is C21H30ClN. The standard InChI is InChI=1S/C21H29N.ClH/c1-17(2)19-13-11-12-18(3)20(19)16-22(7)15-10-8-9-14-21(4,5)6;/h8,10-13H,1,15-16H2,2-7H3;1H. The van der Waals surface area contributed by atoms with Crippen LogP contribution in [0, 0.1) is 24.2 Å². The lowest BCUT2D eigenvalue weighted by atomic mass is 9.97. The zero-order valence-electron chi connectivity index (χ0n) is 15.4. The van der Waals surface area contributed by atoms with Gasteiger partial charge in [0.05, 0.1) is 0 Å². The van der Waals surface area contributed by atoms with Gasteiger partial charge in [-0.15, -0.1) is 12.4 Å². The molecule has 0 amide bonds. The molecule has 0 atom stereocenters. The highest BCUT2D eigenvalue weighted by atomic mass is 35.5. The predicted molar refractivity (Wildman–Crippen MR) is 106 cm³/mol. The predicted octanol–water partition coefficient (Wildman–Crippen LogP) is 5.49. The van der Waals surface area contributed by atoms with E-state index in [1.165, 1.54) is 16.7 Å². The molecule has 0 saturated carbocycles. The maximum Gasteiger partial charge on any atom is 0.0242 e. The molecule has 1 rings (SSSR count). The van der Waals surface area contributed by atoms with Gasteiger partial charge in [0.25, 0.3) is 0 Å². The number of benzene rings is 1. The number of hydrogen-bond acceptors (Lipinski definition) is 1. The summed E-state index contributed by atoms with van der Waals surface area (Å²) >= 11 is 0. The maximum absolute atomic E-state index is 4.09. The fourth-order valence-electron chi connectivity index (χ4n) is 2.20. The summed E-state index contributed by atoms with van der Waals surface area (Å²) in [6, 6.07) is 6.42. The number of allylic oxidation sites excluding steroid dienone is 2. The summed E-state index contributed by atoms with van der Waals surface area (Å²) in [5.74, 6) is 6.33. The van der Waals surface area contributed by atoms with Gasteiger partial charge in [0, 0.05) is 18.5 Å². The van der Waals surface area contributed by atoms with Gasteiger partial charge in [-0.25, -0.2) is 0 Å². The van der Waals surface area contributed by atoms with Crippen LogP contribution in [0.1, 0.15) is 44.4 Å². The van der Waals surface area contributed by atoms with Crippen LogP contribution in [0.4, 0.5) is 0 Å². The summed E-state index contributed by atoms with van der Waals surface area (Å²) in [7, 11) is 2.14. The van der Waals surface area contributed by atoms with E-state index in [1.807, 2.05) is 6.08 Å². The van der Waals surface area contributed by atoms with Crippen molar-refractivity contribution in [3.8, 4) is 11.8 Å². The first kappa shape index (κ1) is 21.5. The van der Waals surface area contributed by atoms with Crippen LogP contribution in [0.3, 0.4) is 0 Å². The minimum atomic E-state index is 0. The number of likely N-dealkylation sites (N-methyl/N-ethyl adjacent to an activating group) is 1. The third kappa shape index (κ3) is 8.07. The van der Waals surface area contributed by atoms with Crippen LogP contribution in [-0.4, -0.2) is 18.5 Å². The van der Waals surface area contributed by atoms with Crippen LogP contribution in [-0.2, 0) is 6.54 Å². The molecule has 1 aromatic carbocycles. The molecule has 2 heteroatoms. The van der Waals surface area contributed by atoms with Gasteiger partial charge in [0.1, 0.15) is 0 Å². The van der Waals surface area contributed by atoms with Crippen molar-refractivity contribution in [1.29, 1.82) is 0 Å². The van der Waals surface area contributed by atoms with Crippen molar-refractivity contribution in [2.45, 2.75) is 41.2 Å². The van der Waals surface area contributed by atoms with Crippen molar-refractivity contribution < 1.29 is 0 Å². The van der Waals surface area contributed by atoms with Gasteiger partial charge in [0.2, 0.25) is 0 Å². The molecule has 0 aliphatic carbocycles. The second-order valence-electron chi connectivity index (χ2n) is 7.00. The molecular weight excluding hydrogens is 302 g/mol. The van der Waals surface area contributed by atoms with E-state index in [2.05, 4.69) is 89.3 Å². The van der Waals surface area contributed by atoms with Gasteiger partial charge in [0.15, 0.2) is 0 Å². The molecule has 0 N–H and O–H groups in total. The lowest BCUT2D eigenvalue weighted by Gasteiger charge is -2.19. The molecule has 0 spiro atoms. The van der Waals surface area contributed by atoms with Crippen molar-refractivity contribution in [2.24, 2.45) is 5.41 Å². The number of rotatable bonds is 5. The van der Waals surface area contributed by atoms with Gasteiger partial charge < -0.3 is 0 Å². The average molecular weight is 332 g/mol. The van der Waals surface area contributed by atoms with Gasteiger partial charge in [-0.05, 0) is 64.4 Å². The zero-order valence-corrected chi connectivity index (χ0v) is 16.2. The summed E-state index contributed by atoms with van der Waals surface area (Å²) in [6.45, 7) is 16.5. The average Bonchev–Trinajstić information content (AvgIpc) is 2.39. The molecule has 0 aliphatic heterocycles. The Morgan fingerprint density at radius 3 is 2.52 bits per heavy atom. The minimum absolute atomic E-state index is 0. The molecule has 23 heavy (non-hydrogen) atoms. The molecule has 0 radical (unpaired) electrons. The van der Waals surface area contributed by atoms with Crippen LogP contribution in [0.25, 0.3) is 5.57 Å². The third-order valence-corrected chi connectivity index (χ3v) is 3.36. The topological polar surface area (TPSA) is 3.24 Å². The van der Waals surface area contributed by atoms with E-state index in [0.717, 1.165) is 18.7 Å². The fourth-order valence-corrected chi connectivity index (χ4v) is 2.20. The fraction of sp³-hybridized carbons (Fsp3) is 0.429. The van der Waals surface area contributed by atoms with Crippen molar-refractivity contribution in [3.05, 3.63) is 53.6 Å². The molecule has 126 valence electrons. The largest absolute Gasteiger partial charge is 0.298 e. The molecule has 0 unspecified atom stereocenters. The van der Waals surface area contributed by atoms with Crippen LogP contribution < -0.4 is 0 Å². The van der Waals surface area contributed by atoms with Gasteiger partial charge in [-0.3, -0.25) is 4.90 Å². The second kappa shape index (κ2) is 9.60. The Balaban J connectivity index is 0.00000484. The number of halogens is 1. The first-order valence-electron chi connectivity index (χ1n) is 7.81. The normalized spacial score (nSPS) is 11.1. The van der Waals surface area contributed by atoms with E-state index < -0.39 is 0 Å². The Morgan fingerprint density at radius 2 is 1.96 bits per heavy atom. The van der Waals surface area contributed by atoms with Gasteiger partial charge >= 0.3 is 0 Å². The molecule has 0 aliphatic rings. The van der Waals surface area contributed by atoms with E-state index >= 15 is 0 Å². The van der Waals surface area contributed by atoms with Crippen LogP contribution in [0.2, 0.25) is 0 Å². The van der Waals surface area contributed by atoms with Crippen molar-refractivity contribution in [3.63, 3.8) is 0 Å². The third-order valence-electron chi connectivity index (χ3n) is 3.36. The van der Waals surface area contributed by atoms with Gasteiger partial charge in [-0.1, -0.05) is 48.3 Å². The molecule has 0 aromatic heterocycles. The SMILES string of the molecule is C=C(C)c1cccc(C)c1CN(C)CC=CC#CC(C)(C)C.Cl. The van der Waals surface area contributed by atoms with Crippen molar-refractivity contribution >= 4 is 18.0 Å². The quantitative estimate of drug-likeness (QED) is 0.645. The molecule has 0 fully saturated rings. The summed E-state index contributed by atoms with van der Waals surface area (Å²) in [5, 5.41) is 0. The minimum Gasteiger partial charge on any atom is -0.298 e. The summed E-state index contributed by atoms with van der Waals surface area (Å²) in [6.07, 6.45) is 4.08. The lowest BCUT2D eigenvalue weighted by molar-refractivity contribution is 0.362. The molecule has 1 nitrogen and oxygen atoms in total. The highest BCUT2D eigenvalue weighted by Gasteiger charge is 2.08. The highest BCUT2D eigenvalue weighted by molar-refractivity contribution is 5.85. The number of aryl methyl sites for hydroxylation is 1. The zero-order chi connectivity index (χ0) is 16.8. The molecule has 0 heterocycles. The van der Waals surface area contributed by atoms with E-state index in [0.29, 0.717) is 0 Å². The van der Waals surface area contributed by atoms with Gasteiger partial charge in [-0.2, -0.15) is 0 Å². The highest BCUT2D eigenvalue weighted by Crippen LogP contribution is 2.22. The Kier molecular flexibility index (Phi) is 8.98. The Morgan fingerprint density at radius 1 is 1.30 bits per heavy atom. The first-order valence-corrected chi connectivity index (χ1v) is 7.81.